The first kappa shape index (κ1) is 16.0. The summed E-state index contributed by atoms with van der Waals surface area (Å²) in [5.41, 5.74) is 0.299. The lowest BCUT2D eigenvalue weighted by atomic mass is 10.1. The number of Topliss-reactive ketones (excluding diaryl/α,β-unsaturated/α-hetero) is 1. The maximum atomic E-state index is 12.7. The number of hydrogen-bond acceptors (Lipinski definition) is 4. The van der Waals surface area contributed by atoms with Crippen LogP contribution in [-0.4, -0.2) is 20.8 Å². The van der Waals surface area contributed by atoms with Crippen molar-refractivity contribution in [2.75, 3.05) is 6.61 Å². The van der Waals surface area contributed by atoms with E-state index < -0.39 is 15.6 Å². The van der Waals surface area contributed by atoms with E-state index in [1.54, 1.807) is 55.5 Å². The topological polar surface area (TPSA) is 60.4 Å². The monoisotopic (exact) mass is 316 g/mol. The first-order chi connectivity index (χ1) is 10.6. The van der Waals surface area contributed by atoms with Gasteiger partial charge in [-0.25, -0.2) is 8.42 Å². The zero-order chi connectivity index (χ0) is 16.0. The summed E-state index contributed by atoms with van der Waals surface area (Å²) in [6.07, 6.45) is 1.03. The molecule has 0 N–H and O–H groups in total. The molecule has 0 aliphatic heterocycles. The van der Waals surface area contributed by atoms with Crippen molar-refractivity contribution in [1.29, 1.82) is 0 Å². The molecular formula is C17H16O4S. The molecule has 0 radical (unpaired) electrons. The predicted molar refractivity (Wildman–Crippen MR) is 84.1 cm³/mol. The summed E-state index contributed by atoms with van der Waals surface area (Å²) in [5, 5.41) is 0. The van der Waals surface area contributed by atoms with Gasteiger partial charge in [0, 0.05) is 5.56 Å². The zero-order valence-corrected chi connectivity index (χ0v) is 12.9. The van der Waals surface area contributed by atoms with Crippen molar-refractivity contribution in [3.05, 3.63) is 77.4 Å². The third kappa shape index (κ3) is 3.43. The number of carbonyl (C=O) groups is 1. The molecule has 0 aromatic heterocycles. The van der Waals surface area contributed by atoms with E-state index in [0.717, 1.165) is 6.26 Å². The molecule has 0 atom stereocenters. The van der Waals surface area contributed by atoms with Gasteiger partial charge in [0.15, 0.2) is 4.91 Å². The molecule has 114 valence electrons. The molecule has 4 nitrogen and oxygen atoms in total. The summed E-state index contributed by atoms with van der Waals surface area (Å²) in [7, 11) is -3.93. The van der Waals surface area contributed by atoms with Gasteiger partial charge in [0.1, 0.15) is 6.26 Å². The number of ether oxygens (including phenoxy) is 1. The van der Waals surface area contributed by atoms with Gasteiger partial charge in [0.2, 0.25) is 15.6 Å². The van der Waals surface area contributed by atoms with Crippen LogP contribution in [0.4, 0.5) is 0 Å². The van der Waals surface area contributed by atoms with Crippen molar-refractivity contribution in [1.82, 2.24) is 0 Å². The molecule has 0 amide bonds. The van der Waals surface area contributed by atoms with Gasteiger partial charge in [-0.3, -0.25) is 4.79 Å². The maximum absolute atomic E-state index is 12.7. The summed E-state index contributed by atoms with van der Waals surface area (Å²) in [6, 6.07) is 16.1. The second-order valence-electron chi connectivity index (χ2n) is 4.45. The highest BCUT2D eigenvalue weighted by Gasteiger charge is 2.28. The maximum Gasteiger partial charge on any atom is 0.213 e. The summed E-state index contributed by atoms with van der Waals surface area (Å²) >= 11 is 0. The standard InChI is InChI=1S/C17H16O4S/c1-2-21-13-16(17(18)14-9-5-3-6-10-14)22(19,20)15-11-7-4-8-12-15/h3-13H,2H2,1H3. The van der Waals surface area contributed by atoms with Crippen LogP contribution >= 0.6 is 0 Å². The van der Waals surface area contributed by atoms with E-state index in [9.17, 15) is 13.2 Å². The number of sulfone groups is 1. The van der Waals surface area contributed by atoms with Crippen molar-refractivity contribution in [3.63, 3.8) is 0 Å². The van der Waals surface area contributed by atoms with Gasteiger partial charge in [-0.1, -0.05) is 48.5 Å². The highest BCUT2D eigenvalue weighted by Crippen LogP contribution is 2.22. The Bertz CT molecular complexity index is 763. The fourth-order valence-electron chi connectivity index (χ4n) is 1.86. The zero-order valence-electron chi connectivity index (χ0n) is 12.1. The Morgan fingerprint density at radius 2 is 1.55 bits per heavy atom. The minimum Gasteiger partial charge on any atom is -0.500 e. The molecule has 2 aromatic carbocycles. The Morgan fingerprint density at radius 1 is 1.00 bits per heavy atom. The summed E-state index contributed by atoms with van der Waals surface area (Å²) in [5.74, 6) is -0.585. The highest BCUT2D eigenvalue weighted by molar-refractivity contribution is 7.96. The molecule has 0 fully saturated rings. The molecule has 0 aliphatic rings. The Morgan fingerprint density at radius 3 is 2.09 bits per heavy atom. The fraction of sp³-hybridized carbons (Fsp3) is 0.118. The van der Waals surface area contributed by atoms with E-state index in [1.807, 2.05) is 0 Å². The quantitative estimate of drug-likeness (QED) is 0.466. The van der Waals surface area contributed by atoms with Crippen molar-refractivity contribution in [3.8, 4) is 0 Å². The summed E-state index contributed by atoms with van der Waals surface area (Å²) in [4.78, 5) is 12.2. The third-order valence-electron chi connectivity index (χ3n) is 2.96. The summed E-state index contributed by atoms with van der Waals surface area (Å²) < 4.78 is 30.5. The van der Waals surface area contributed by atoms with Gasteiger partial charge < -0.3 is 4.74 Å². The minimum atomic E-state index is -3.93. The molecule has 2 aromatic rings. The van der Waals surface area contributed by atoms with Gasteiger partial charge in [-0.05, 0) is 19.1 Å². The fourth-order valence-corrected chi connectivity index (χ4v) is 3.18. The lowest BCUT2D eigenvalue weighted by molar-refractivity contribution is 0.103. The second-order valence-corrected chi connectivity index (χ2v) is 6.37. The summed E-state index contributed by atoms with van der Waals surface area (Å²) in [6.45, 7) is 1.99. The number of carbonyl (C=O) groups excluding carboxylic acids is 1. The average molecular weight is 316 g/mol. The van der Waals surface area contributed by atoms with Crippen LogP contribution in [0, 0.1) is 0 Å². The van der Waals surface area contributed by atoms with E-state index in [4.69, 9.17) is 4.74 Å². The van der Waals surface area contributed by atoms with E-state index in [0.29, 0.717) is 5.56 Å². The third-order valence-corrected chi connectivity index (χ3v) is 4.71. The van der Waals surface area contributed by atoms with Gasteiger partial charge in [-0.2, -0.15) is 0 Å². The Hall–Kier alpha value is -2.40. The van der Waals surface area contributed by atoms with Crippen molar-refractivity contribution >= 4 is 15.6 Å². The lowest BCUT2D eigenvalue weighted by Crippen LogP contribution is -2.15. The van der Waals surface area contributed by atoms with Crippen LogP contribution in [0.2, 0.25) is 0 Å². The van der Waals surface area contributed by atoms with Crippen LogP contribution in [0.1, 0.15) is 17.3 Å². The molecule has 0 aliphatic carbocycles. The molecule has 0 bridgehead atoms. The van der Waals surface area contributed by atoms with Crippen LogP contribution in [0.5, 0.6) is 0 Å². The Balaban J connectivity index is 2.50. The average Bonchev–Trinajstić information content (AvgIpc) is 2.56. The molecular weight excluding hydrogens is 300 g/mol. The Kier molecular flexibility index (Phi) is 5.12. The molecule has 0 spiro atoms. The molecule has 2 rings (SSSR count). The number of benzene rings is 2. The van der Waals surface area contributed by atoms with Gasteiger partial charge in [0.05, 0.1) is 11.5 Å². The van der Waals surface area contributed by atoms with Crippen LogP contribution in [0.3, 0.4) is 0 Å². The first-order valence-electron chi connectivity index (χ1n) is 6.79. The van der Waals surface area contributed by atoms with Crippen LogP contribution in [0.15, 0.2) is 76.7 Å². The van der Waals surface area contributed by atoms with Crippen LogP contribution in [-0.2, 0) is 14.6 Å². The molecule has 22 heavy (non-hydrogen) atoms. The van der Waals surface area contributed by atoms with Crippen LogP contribution in [0.25, 0.3) is 0 Å². The highest BCUT2D eigenvalue weighted by atomic mass is 32.2. The SMILES string of the molecule is CCOC=C(C(=O)c1ccccc1)S(=O)(=O)c1ccccc1. The number of ketones is 1. The lowest BCUT2D eigenvalue weighted by Gasteiger charge is -2.09. The molecule has 0 saturated carbocycles. The van der Waals surface area contributed by atoms with E-state index in [-0.39, 0.29) is 16.4 Å². The van der Waals surface area contributed by atoms with Crippen LogP contribution < -0.4 is 0 Å². The van der Waals surface area contributed by atoms with E-state index >= 15 is 0 Å². The normalized spacial score (nSPS) is 12.0. The Labute approximate surface area is 130 Å². The smallest absolute Gasteiger partial charge is 0.213 e. The molecule has 0 unspecified atom stereocenters. The van der Waals surface area contributed by atoms with E-state index in [1.165, 1.54) is 12.1 Å². The van der Waals surface area contributed by atoms with Gasteiger partial charge in [0.25, 0.3) is 0 Å². The molecule has 0 heterocycles. The van der Waals surface area contributed by atoms with Crippen molar-refractivity contribution in [2.24, 2.45) is 0 Å². The van der Waals surface area contributed by atoms with Crippen molar-refractivity contribution < 1.29 is 17.9 Å². The minimum absolute atomic E-state index is 0.0604. The molecule has 5 heteroatoms. The number of hydrogen-bond donors (Lipinski definition) is 0. The van der Waals surface area contributed by atoms with Gasteiger partial charge in [-0.15, -0.1) is 0 Å². The molecule has 0 saturated heterocycles. The predicted octanol–water partition coefficient (Wildman–Crippen LogP) is 3.22. The first-order valence-corrected chi connectivity index (χ1v) is 8.27. The van der Waals surface area contributed by atoms with E-state index in [2.05, 4.69) is 0 Å². The second kappa shape index (κ2) is 7.04. The number of rotatable bonds is 6. The van der Waals surface area contributed by atoms with Crippen molar-refractivity contribution in [2.45, 2.75) is 11.8 Å². The van der Waals surface area contributed by atoms with Gasteiger partial charge >= 0.3 is 0 Å². The number of allylic oxidation sites excluding steroid dienone is 1. The largest absolute Gasteiger partial charge is 0.500 e.